The first-order valence-electron chi connectivity index (χ1n) is 6.08. The number of ether oxygens (including phenoxy) is 1. The van der Waals surface area contributed by atoms with Crippen molar-refractivity contribution < 1.29 is 4.74 Å². The molecule has 0 spiro atoms. The monoisotopic (exact) mass is 221 g/mol. The summed E-state index contributed by atoms with van der Waals surface area (Å²) in [4.78, 5) is 0. The number of hydrogen-bond donors (Lipinski definition) is 1. The average Bonchev–Trinajstić information content (AvgIpc) is 2.30. The van der Waals surface area contributed by atoms with Crippen LogP contribution in [0.5, 0.6) is 5.75 Å². The molecule has 2 nitrogen and oxygen atoms in total. The van der Waals surface area contributed by atoms with E-state index in [2.05, 4.69) is 44.3 Å². The van der Waals surface area contributed by atoms with Crippen molar-refractivity contribution in [1.29, 1.82) is 0 Å². The minimum absolute atomic E-state index is 0.431. The van der Waals surface area contributed by atoms with Crippen LogP contribution in [0.25, 0.3) is 0 Å². The lowest BCUT2D eigenvalue weighted by molar-refractivity contribution is 0.264. The Morgan fingerprint density at radius 3 is 2.50 bits per heavy atom. The quantitative estimate of drug-likeness (QED) is 0.796. The molecule has 0 aliphatic rings. The van der Waals surface area contributed by atoms with Gasteiger partial charge >= 0.3 is 0 Å². The van der Waals surface area contributed by atoms with Crippen LogP contribution in [-0.2, 0) is 0 Å². The SMILES string of the molecule is CCC(COc1ccccc1C(C)C)NC. The highest BCUT2D eigenvalue weighted by Gasteiger charge is 2.09. The molecular formula is C14H23NO. The Morgan fingerprint density at radius 1 is 1.25 bits per heavy atom. The van der Waals surface area contributed by atoms with Gasteiger partial charge in [-0.05, 0) is 31.0 Å². The van der Waals surface area contributed by atoms with Crippen LogP contribution in [0.4, 0.5) is 0 Å². The van der Waals surface area contributed by atoms with Crippen LogP contribution in [0, 0.1) is 0 Å². The van der Waals surface area contributed by atoms with Crippen molar-refractivity contribution in [3.63, 3.8) is 0 Å². The fourth-order valence-electron chi connectivity index (χ4n) is 1.68. The lowest BCUT2D eigenvalue weighted by atomic mass is 10.0. The van der Waals surface area contributed by atoms with Crippen LogP contribution < -0.4 is 10.1 Å². The van der Waals surface area contributed by atoms with Crippen molar-refractivity contribution >= 4 is 0 Å². The van der Waals surface area contributed by atoms with E-state index in [1.165, 1.54) is 5.56 Å². The van der Waals surface area contributed by atoms with Gasteiger partial charge in [0, 0.05) is 6.04 Å². The lowest BCUT2D eigenvalue weighted by Gasteiger charge is -2.18. The molecule has 1 atom stereocenters. The van der Waals surface area contributed by atoms with Gasteiger partial charge in [0.15, 0.2) is 0 Å². The molecule has 1 aromatic rings. The molecule has 0 aliphatic heterocycles. The summed E-state index contributed by atoms with van der Waals surface area (Å²) in [5.41, 5.74) is 1.29. The summed E-state index contributed by atoms with van der Waals surface area (Å²) in [6, 6.07) is 8.72. The van der Waals surface area contributed by atoms with E-state index in [1.54, 1.807) is 0 Å². The Balaban J connectivity index is 2.66. The maximum absolute atomic E-state index is 5.88. The van der Waals surface area contributed by atoms with Crippen LogP contribution in [0.15, 0.2) is 24.3 Å². The maximum Gasteiger partial charge on any atom is 0.122 e. The largest absolute Gasteiger partial charge is 0.492 e. The predicted molar refractivity (Wildman–Crippen MR) is 69.2 cm³/mol. The molecule has 1 unspecified atom stereocenters. The van der Waals surface area contributed by atoms with Crippen molar-refractivity contribution in [2.24, 2.45) is 0 Å². The topological polar surface area (TPSA) is 21.3 Å². The summed E-state index contributed by atoms with van der Waals surface area (Å²) >= 11 is 0. The van der Waals surface area contributed by atoms with Crippen LogP contribution in [0.2, 0.25) is 0 Å². The second-order valence-electron chi connectivity index (χ2n) is 4.40. The Bertz CT molecular complexity index is 305. The molecule has 16 heavy (non-hydrogen) atoms. The number of para-hydroxylation sites is 1. The summed E-state index contributed by atoms with van der Waals surface area (Å²) in [5, 5.41) is 3.25. The lowest BCUT2D eigenvalue weighted by Crippen LogP contribution is -2.30. The zero-order valence-electron chi connectivity index (χ0n) is 10.8. The highest BCUT2D eigenvalue weighted by Crippen LogP contribution is 2.25. The van der Waals surface area contributed by atoms with Gasteiger partial charge in [-0.3, -0.25) is 0 Å². The Morgan fingerprint density at radius 2 is 1.94 bits per heavy atom. The molecule has 0 aromatic heterocycles. The molecule has 0 amide bonds. The van der Waals surface area contributed by atoms with E-state index < -0.39 is 0 Å². The van der Waals surface area contributed by atoms with Gasteiger partial charge in [-0.2, -0.15) is 0 Å². The molecule has 1 aromatic carbocycles. The molecule has 0 bridgehead atoms. The Kier molecular flexibility index (Phi) is 5.33. The highest BCUT2D eigenvalue weighted by molar-refractivity contribution is 5.35. The summed E-state index contributed by atoms with van der Waals surface area (Å²) < 4.78 is 5.88. The molecule has 2 heteroatoms. The molecular weight excluding hydrogens is 198 g/mol. The normalized spacial score (nSPS) is 12.8. The van der Waals surface area contributed by atoms with Gasteiger partial charge in [-0.25, -0.2) is 0 Å². The first kappa shape index (κ1) is 13.0. The van der Waals surface area contributed by atoms with Crippen LogP contribution >= 0.6 is 0 Å². The van der Waals surface area contributed by atoms with E-state index in [1.807, 2.05) is 13.1 Å². The number of likely N-dealkylation sites (N-methyl/N-ethyl adjacent to an activating group) is 1. The molecule has 90 valence electrons. The number of hydrogen-bond acceptors (Lipinski definition) is 2. The fraction of sp³-hybridized carbons (Fsp3) is 0.571. The summed E-state index contributed by atoms with van der Waals surface area (Å²) in [5.74, 6) is 1.53. The zero-order valence-corrected chi connectivity index (χ0v) is 10.8. The smallest absolute Gasteiger partial charge is 0.122 e. The minimum atomic E-state index is 0.431. The highest BCUT2D eigenvalue weighted by atomic mass is 16.5. The summed E-state index contributed by atoms with van der Waals surface area (Å²) in [6.07, 6.45) is 1.08. The third kappa shape index (κ3) is 3.53. The molecule has 0 heterocycles. The van der Waals surface area contributed by atoms with E-state index in [0.29, 0.717) is 12.0 Å². The predicted octanol–water partition coefficient (Wildman–Crippen LogP) is 3.19. The number of rotatable bonds is 6. The van der Waals surface area contributed by atoms with Gasteiger partial charge in [-0.1, -0.05) is 39.0 Å². The van der Waals surface area contributed by atoms with E-state index >= 15 is 0 Å². The Hall–Kier alpha value is -1.02. The number of nitrogens with one attached hydrogen (secondary N) is 1. The molecule has 0 radical (unpaired) electrons. The van der Waals surface area contributed by atoms with Gasteiger partial charge in [0.1, 0.15) is 12.4 Å². The first-order chi connectivity index (χ1) is 7.69. The zero-order chi connectivity index (χ0) is 12.0. The Labute approximate surface area is 99.0 Å². The van der Waals surface area contributed by atoms with Crippen LogP contribution in [-0.4, -0.2) is 19.7 Å². The van der Waals surface area contributed by atoms with E-state index in [9.17, 15) is 0 Å². The molecule has 0 aliphatic carbocycles. The second kappa shape index (κ2) is 6.54. The standard InChI is InChI=1S/C14H23NO/c1-5-12(15-4)10-16-14-9-7-6-8-13(14)11(2)3/h6-9,11-12,15H,5,10H2,1-4H3. The fourth-order valence-corrected chi connectivity index (χ4v) is 1.68. The molecule has 1 rings (SSSR count). The van der Waals surface area contributed by atoms with Gasteiger partial charge in [0.05, 0.1) is 0 Å². The minimum Gasteiger partial charge on any atom is -0.492 e. The van der Waals surface area contributed by atoms with E-state index in [0.717, 1.165) is 18.8 Å². The van der Waals surface area contributed by atoms with E-state index in [4.69, 9.17) is 4.74 Å². The van der Waals surface area contributed by atoms with Crippen molar-refractivity contribution in [2.45, 2.75) is 39.2 Å². The van der Waals surface area contributed by atoms with Crippen molar-refractivity contribution in [1.82, 2.24) is 5.32 Å². The van der Waals surface area contributed by atoms with Crippen molar-refractivity contribution in [2.75, 3.05) is 13.7 Å². The van der Waals surface area contributed by atoms with E-state index in [-0.39, 0.29) is 0 Å². The van der Waals surface area contributed by atoms with Gasteiger partial charge in [-0.15, -0.1) is 0 Å². The van der Waals surface area contributed by atoms with Crippen LogP contribution in [0.1, 0.15) is 38.7 Å². The third-order valence-corrected chi connectivity index (χ3v) is 2.88. The van der Waals surface area contributed by atoms with Gasteiger partial charge in [0.25, 0.3) is 0 Å². The van der Waals surface area contributed by atoms with Crippen molar-refractivity contribution in [3.8, 4) is 5.75 Å². The molecule has 0 fully saturated rings. The summed E-state index contributed by atoms with van der Waals surface area (Å²) in [6.45, 7) is 7.28. The average molecular weight is 221 g/mol. The maximum atomic E-state index is 5.88. The van der Waals surface area contributed by atoms with Crippen molar-refractivity contribution in [3.05, 3.63) is 29.8 Å². The second-order valence-corrected chi connectivity index (χ2v) is 4.40. The first-order valence-corrected chi connectivity index (χ1v) is 6.08. The van der Waals surface area contributed by atoms with Crippen LogP contribution in [0.3, 0.4) is 0 Å². The molecule has 0 saturated carbocycles. The van der Waals surface area contributed by atoms with Gasteiger partial charge < -0.3 is 10.1 Å². The third-order valence-electron chi connectivity index (χ3n) is 2.88. The molecule has 1 N–H and O–H groups in total. The summed E-state index contributed by atoms with van der Waals surface area (Å²) in [7, 11) is 1.98. The van der Waals surface area contributed by atoms with Gasteiger partial charge in [0.2, 0.25) is 0 Å². The number of benzene rings is 1. The molecule has 0 saturated heterocycles.